The van der Waals surface area contributed by atoms with Crippen molar-refractivity contribution < 1.29 is 0 Å². The van der Waals surface area contributed by atoms with E-state index in [9.17, 15) is 0 Å². The molecular formula is C15H24N2. The molecule has 2 heteroatoms. The van der Waals surface area contributed by atoms with Crippen LogP contribution < -0.4 is 5.32 Å². The Balaban J connectivity index is 1.75. The zero-order valence-electron chi connectivity index (χ0n) is 10.9. The monoisotopic (exact) mass is 232 g/mol. The van der Waals surface area contributed by atoms with Gasteiger partial charge in [-0.15, -0.1) is 0 Å². The Hall–Kier alpha value is -0.890. The summed E-state index contributed by atoms with van der Waals surface area (Å²) in [6.07, 6.45) is 11.8. The number of hydrogen-bond donors (Lipinski definition) is 1. The van der Waals surface area contributed by atoms with Gasteiger partial charge in [-0.3, -0.25) is 4.98 Å². The van der Waals surface area contributed by atoms with Crippen LogP contribution >= 0.6 is 0 Å². The predicted octanol–water partition coefficient (Wildman–Crippen LogP) is 3.18. The van der Waals surface area contributed by atoms with Crippen molar-refractivity contribution in [2.45, 2.75) is 51.5 Å². The van der Waals surface area contributed by atoms with Crippen molar-refractivity contribution in [2.24, 2.45) is 5.92 Å². The smallest absolute Gasteiger partial charge is 0.0270 e. The Morgan fingerprint density at radius 1 is 1.35 bits per heavy atom. The first kappa shape index (κ1) is 12.6. The molecule has 1 aromatic heterocycles. The first-order valence-electron chi connectivity index (χ1n) is 7.00. The minimum absolute atomic E-state index is 0.718. The molecule has 0 aliphatic heterocycles. The Morgan fingerprint density at radius 3 is 2.76 bits per heavy atom. The SMILES string of the molecule is CCCNC(CCc1ccncc1)CC1CC1. The molecule has 0 amide bonds. The maximum absolute atomic E-state index is 4.06. The van der Waals surface area contributed by atoms with Crippen LogP contribution in [0.2, 0.25) is 0 Å². The summed E-state index contributed by atoms with van der Waals surface area (Å²) < 4.78 is 0. The van der Waals surface area contributed by atoms with E-state index >= 15 is 0 Å². The molecule has 1 fully saturated rings. The van der Waals surface area contributed by atoms with Crippen molar-refractivity contribution in [2.75, 3.05) is 6.54 Å². The lowest BCUT2D eigenvalue weighted by Crippen LogP contribution is -2.30. The van der Waals surface area contributed by atoms with Crippen molar-refractivity contribution in [1.82, 2.24) is 10.3 Å². The zero-order valence-corrected chi connectivity index (χ0v) is 10.9. The fourth-order valence-corrected chi connectivity index (χ4v) is 2.30. The van der Waals surface area contributed by atoms with Gasteiger partial charge in [0.2, 0.25) is 0 Å². The third kappa shape index (κ3) is 4.86. The van der Waals surface area contributed by atoms with Crippen molar-refractivity contribution >= 4 is 0 Å². The summed E-state index contributed by atoms with van der Waals surface area (Å²) in [7, 11) is 0. The summed E-state index contributed by atoms with van der Waals surface area (Å²) in [5.74, 6) is 1.02. The number of nitrogens with zero attached hydrogens (tertiary/aromatic N) is 1. The quantitative estimate of drug-likeness (QED) is 0.744. The number of aryl methyl sites for hydroxylation is 1. The summed E-state index contributed by atoms with van der Waals surface area (Å²) in [5, 5.41) is 3.70. The first-order chi connectivity index (χ1) is 8.38. The number of nitrogens with one attached hydrogen (secondary N) is 1. The fourth-order valence-electron chi connectivity index (χ4n) is 2.30. The number of hydrogen-bond acceptors (Lipinski definition) is 2. The molecular weight excluding hydrogens is 208 g/mol. The Kier molecular flexibility index (Phi) is 4.99. The molecule has 94 valence electrons. The van der Waals surface area contributed by atoms with Crippen LogP contribution in [-0.4, -0.2) is 17.6 Å². The molecule has 1 N–H and O–H groups in total. The molecule has 1 aliphatic carbocycles. The molecule has 1 aromatic rings. The lowest BCUT2D eigenvalue weighted by Gasteiger charge is -2.18. The molecule has 0 radical (unpaired) electrons. The average molecular weight is 232 g/mol. The maximum atomic E-state index is 4.06. The Bertz CT molecular complexity index is 306. The highest BCUT2D eigenvalue weighted by Gasteiger charge is 2.24. The van der Waals surface area contributed by atoms with Gasteiger partial charge in [-0.1, -0.05) is 19.8 Å². The van der Waals surface area contributed by atoms with Crippen LogP contribution in [0.5, 0.6) is 0 Å². The van der Waals surface area contributed by atoms with E-state index in [0.29, 0.717) is 0 Å². The lowest BCUT2D eigenvalue weighted by atomic mass is 10.0. The molecule has 1 unspecified atom stereocenters. The van der Waals surface area contributed by atoms with E-state index in [1.807, 2.05) is 12.4 Å². The topological polar surface area (TPSA) is 24.9 Å². The van der Waals surface area contributed by atoms with E-state index in [2.05, 4.69) is 29.4 Å². The lowest BCUT2D eigenvalue weighted by molar-refractivity contribution is 0.432. The van der Waals surface area contributed by atoms with Crippen molar-refractivity contribution in [1.29, 1.82) is 0 Å². The zero-order chi connectivity index (χ0) is 11.9. The highest BCUT2D eigenvalue weighted by molar-refractivity contribution is 5.09. The summed E-state index contributed by atoms with van der Waals surface area (Å²) in [5.41, 5.74) is 1.42. The summed E-state index contributed by atoms with van der Waals surface area (Å²) in [6.45, 7) is 3.40. The van der Waals surface area contributed by atoms with Gasteiger partial charge in [0.25, 0.3) is 0 Å². The van der Waals surface area contributed by atoms with E-state index < -0.39 is 0 Å². The van der Waals surface area contributed by atoms with Gasteiger partial charge in [-0.05, 0) is 55.8 Å². The highest BCUT2D eigenvalue weighted by Crippen LogP contribution is 2.34. The summed E-state index contributed by atoms with van der Waals surface area (Å²) in [6, 6.07) is 4.98. The second kappa shape index (κ2) is 6.75. The second-order valence-corrected chi connectivity index (χ2v) is 5.22. The largest absolute Gasteiger partial charge is 0.314 e. The molecule has 0 spiro atoms. The van der Waals surface area contributed by atoms with Crippen LogP contribution in [0.1, 0.15) is 44.6 Å². The molecule has 2 nitrogen and oxygen atoms in total. The molecule has 0 bridgehead atoms. The fraction of sp³-hybridized carbons (Fsp3) is 0.667. The summed E-state index contributed by atoms with van der Waals surface area (Å²) >= 11 is 0. The van der Waals surface area contributed by atoms with Crippen LogP contribution in [-0.2, 0) is 6.42 Å². The van der Waals surface area contributed by atoms with Crippen molar-refractivity contribution in [3.8, 4) is 0 Å². The number of aromatic nitrogens is 1. The van der Waals surface area contributed by atoms with E-state index in [1.54, 1.807) is 0 Å². The molecule has 1 atom stereocenters. The van der Waals surface area contributed by atoms with E-state index in [4.69, 9.17) is 0 Å². The number of pyridine rings is 1. The van der Waals surface area contributed by atoms with Gasteiger partial charge in [0, 0.05) is 18.4 Å². The van der Waals surface area contributed by atoms with Crippen LogP contribution in [0.3, 0.4) is 0 Å². The predicted molar refractivity (Wildman–Crippen MR) is 72.0 cm³/mol. The molecule has 1 saturated carbocycles. The van der Waals surface area contributed by atoms with Crippen LogP contribution in [0.4, 0.5) is 0 Å². The van der Waals surface area contributed by atoms with E-state index in [1.165, 1.54) is 44.1 Å². The standard InChI is InChI=1S/C15H24N2/c1-2-9-17-15(12-14-3-4-14)6-5-13-7-10-16-11-8-13/h7-8,10-11,14-15,17H,2-6,9,12H2,1H3. The van der Waals surface area contributed by atoms with Gasteiger partial charge >= 0.3 is 0 Å². The van der Waals surface area contributed by atoms with Crippen molar-refractivity contribution in [3.05, 3.63) is 30.1 Å². The number of rotatable bonds is 8. The van der Waals surface area contributed by atoms with E-state index in [0.717, 1.165) is 18.5 Å². The van der Waals surface area contributed by atoms with Crippen molar-refractivity contribution in [3.63, 3.8) is 0 Å². The molecule has 2 rings (SSSR count). The van der Waals surface area contributed by atoms with Gasteiger partial charge < -0.3 is 5.32 Å². The molecule has 17 heavy (non-hydrogen) atoms. The Morgan fingerprint density at radius 2 is 2.12 bits per heavy atom. The van der Waals surface area contributed by atoms with Gasteiger partial charge in [0.15, 0.2) is 0 Å². The van der Waals surface area contributed by atoms with E-state index in [-0.39, 0.29) is 0 Å². The first-order valence-corrected chi connectivity index (χ1v) is 7.00. The minimum atomic E-state index is 0.718. The minimum Gasteiger partial charge on any atom is -0.314 e. The summed E-state index contributed by atoms with van der Waals surface area (Å²) in [4.78, 5) is 4.06. The molecule has 0 saturated heterocycles. The molecule has 0 aromatic carbocycles. The van der Waals surface area contributed by atoms with Gasteiger partial charge in [0.05, 0.1) is 0 Å². The second-order valence-electron chi connectivity index (χ2n) is 5.22. The maximum Gasteiger partial charge on any atom is 0.0270 e. The van der Waals surface area contributed by atoms with Gasteiger partial charge in [0.1, 0.15) is 0 Å². The molecule has 1 aliphatic rings. The van der Waals surface area contributed by atoms with Crippen LogP contribution in [0.25, 0.3) is 0 Å². The Labute approximate surface area is 105 Å². The third-order valence-electron chi connectivity index (χ3n) is 3.53. The van der Waals surface area contributed by atoms with Gasteiger partial charge in [-0.25, -0.2) is 0 Å². The molecule has 1 heterocycles. The van der Waals surface area contributed by atoms with Crippen LogP contribution in [0, 0.1) is 5.92 Å². The van der Waals surface area contributed by atoms with Crippen LogP contribution in [0.15, 0.2) is 24.5 Å². The normalized spacial score (nSPS) is 17.0. The average Bonchev–Trinajstić information content (AvgIpc) is 3.18. The van der Waals surface area contributed by atoms with Gasteiger partial charge in [-0.2, -0.15) is 0 Å². The third-order valence-corrected chi connectivity index (χ3v) is 3.53. The highest BCUT2D eigenvalue weighted by atomic mass is 14.9.